The molecular weight excluding hydrogens is 1110 g/mol. The summed E-state index contributed by atoms with van der Waals surface area (Å²) in [5.41, 5.74) is 0. The van der Waals surface area contributed by atoms with Crippen LogP contribution in [0.2, 0.25) is 0 Å². The van der Waals surface area contributed by atoms with Crippen molar-refractivity contribution in [3.63, 3.8) is 0 Å². The molecule has 1 aliphatic heterocycles. The minimum Gasteiger partial charge on any atom is -0.466 e. The Kier molecular flexibility index (Phi) is 63.8. The van der Waals surface area contributed by atoms with Gasteiger partial charge in [0.25, 0.3) is 0 Å². The lowest BCUT2D eigenvalue weighted by Crippen LogP contribution is -2.60. The van der Waals surface area contributed by atoms with Gasteiger partial charge in [-0.3, -0.25) is 9.59 Å². The zero-order valence-corrected chi connectivity index (χ0v) is 58.2. The van der Waals surface area contributed by atoms with Crippen molar-refractivity contribution in [3.05, 3.63) is 48.6 Å². The molecule has 0 aromatic carbocycles. The number of hydrogen-bond donors (Lipinski definition) is 6. The molecule has 0 aromatic heterocycles. The van der Waals surface area contributed by atoms with Crippen molar-refractivity contribution < 1.29 is 49.3 Å². The minimum absolute atomic E-state index is 0.00296. The van der Waals surface area contributed by atoms with Crippen molar-refractivity contribution >= 4 is 11.9 Å². The first-order chi connectivity index (χ1) is 43.7. The Morgan fingerprint density at radius 1 is 0.416 bits per heavy atom. The number of hydrogen-bond acceptors (Lipinski definition) is 10. The van der Waals surface area contributed by atoms with E-state index in [9.17, 15) is 35.1 Å². The van der Waals surface area contributed by atoms with Crippen LogP contribution >= 0.6 is 0 Å². The highest BCUT2D eigenvalue weighted by molar-refractivity contribution is 5.76. The van der Waals surface area contributed by atoms with E-state index in [2.05, 4.69) is 55.6 Å². The van der Waals surface area contributed by atoms with Crippen molar-refractivity contribution in [1.29, 1.82) is 0 Å². The highest BCUT2D eigenvalue weighted by Crippen LogP contribution is 2.23. The maximum atomic E-state index is 13.0. The molecule has 522 valence electrons. The predicted octanol–water partition coefficient (Wildman–Crippen LogP) is 20.3. The third kappa shape index (κ3) is 55.8. The summed E-state index contributed by atoms with van der Waals surface area (Å²) in [6.07, 6.45) is 78.5. The van der Waals surface area contributed by atoms with Gasteiger partial charge < -0.3 is 45.1 Å². The lowest BCUT2D eigenvalue weighted by molar-refractivity contribution is -0.302. The summed E-state index contributed by atoms with van der Waals surface area (Å²) in [4.78, 5) is 25.1. The van der Waals surface area contributed by atoms with E-state index in [1.54, 1.807) is 6.08 Å². The molecule has 7 unspecified atom stereocenters. The fourth-order valence-corrected chi connectivity index (χ4v) is 12.1. The van der Waals surface area contributed by atoms with Crippen LogP contribution in [0.15, 0.2) is 48.6 Å². The first-order valence-electron chi connectivity index (χ1n) is 38.4. The van der Waals surface area contributed by atoms with Gasteiger partial charge in [0.15, 0.2) is 6.29 Å². The topological polar surface area (TPSA) is 175 Å². The Morgan fingerprint density at radius 3 is 1.15 bits per heavy atom. The van der Waals surface area contributed by atoms with Crippen molar-refractivity contribution in [2.75, 3.05) is 19.8 Å². The summed E-state index contributed by atoms with van der Waals surface area (Å²) in [5, 5.41) is 54.4. The number of aliphatic hydroxyl groups excluding tert-OH is 5. The second-order valence-electron chi connectivity index (χ2n) is 26.7. The molecule has 0 radical (unpaired) electrons. The summed E-state index contributed by atoms with van der Waals surface area (Å²) in [6, 6.07) is -0.808. The lowest BCUT2D eigenvalue weighted by Gasteiger charge is -2.40. The van der Waals surface area contributed by atoms with Gasteiger partial charge in [-0.15, -0.1) is 0 Å². The van der Waals surface area contributed by atoms with E-state index in [-0.39, 0.29) is 18.5 Å². The summed E-state index contributed by atoms with van der Waals surface area (Å²) >= 11 is 0. The average Bonchev–Trinajstić information content (AvgIpc) is 1.94. The molecule has 0 saturated carbocycles. The predicted molar refractivity (Wildman–Crippen MR) is 375 cm³/mol. The maximum Gasteiger partial charge on any atom is 0.305 e. The second-order valence-corrected chi connectivity index (χ2v) is 26.7. The number of carbonyl (C=O) groups is 2. The number of nitrogens with one attached hydrogen (secondary N) is 1. The third-order valence-electron chi connectivity index (χ3n) is 18.2. The van der Waals surface area contributed by atoms with Crippen molar-refractivity contribution in [3.8, 4) is 0 Å². The molecule has 1 heterocycles. The van der Waals surface area contributed by atoms with Crippen LogP contribution in [0.5, 0.6) is 0 Å². The molecule has 0 bridgehead atoms. The molecule has 0 spiro atoms. The summed E-state index contributed by atoms with van der Waals surface area (Å²) in [7, 11) is 0. The van der Waals surface area contributed by atoms with Gasteiger partial charge in [-0.05, 0) is 89.9 Å². The van der Waals surface area contributed by atoms with E-state index in [4.69, 9.17) is 14.2 Å². The summed E-state index contributed by atoms with van der Waals surface area (Å²) < 4.78 is 16.7. The zero-order chi connectivity index (χ0) is 64.4. The molecule has 0 aromatic rings. The highest BCUT2D eigenvalue weighted by Gasteiger charge is 2.44. The molecule has 6 N–H and O–H groups in total. The molecule has 7 atom stereocenters. The number of rotatable bonds is 68. The van der Waals surface area contributed by atoms with Crippen LogP contribution in [-0.2, 0) is 23.8 Å². The van der Waals surface area contributed by atoms with Gasteiger partial charge in [0, 0.05) is 12.8 Å². The van der Waals surface area contributed by atoms with E-state index in [1.165, 1.54) is 283 Å². The fourth-order valence-electron chi connectivity index (χ4n) is 12.1. The molecule has 1 amide bonds. The van der Waals surface area contributed by atoms with Gasteiger partial charge in [0.05, 0.1) is 32.0 Å². The number of ether oxygens (including phenoxy) is 3. The van der Waals surface area contributed by atoms with Crippen LogP contribution in [0.3, 0.4) is 0 Å². The van der Waals surface area contributed by atoms with Gasteiger partial charge in [0.2, 0.25) is 5.91 Å². The van der Waals surface area contributed by atoms with Gasteiger partial charge in [0.1, 0.15) is 24.4 Å². The number of amides is 1. The third-order valence-corrected chi connectivity index (χ3v) is 18.2. The van der Waals surface area contributed by atoms with Crippen molar-refractivity contribution in [1.82, 2.24) is 5.32 Å². The Morgan fingerprint density at radius 2 is 0.753 bits per heavy atom. The van der Waals surface area contributed by atoms with Gasteiger partial charge >= 0.3 is 5.97 Å². The Bertz CT molecular complexity index is 1620. The van der Waals surface area contributed by atoms with E-state index in [1.807, 2.05) is 6.08 Å². The fraction of sp³-hybridized carbons (Fsp3) is 0.872. The van der Waals surface area contributed by atoms with Crippen LogP contribution < -0.4 is 5.32 Å². The molecule has 11 nitrogen and oxygen atoms in total. The van der Waals surface area contributed by atoms with Crippen LogP contribution in [0, 0.1) is 0 Å². The molecule has 1 rings (SSSR count). The first kappa shape index (κ1) is 84.6. The quantitative estimate of drug-likeness (QED) is 0.0195. The molecular formula is C78H145NO10. The number of carbonyl (C=O) groups excluding carboxylic acids is 2. The smallest absolute Gasteiger partial charge is 0.305 e. The molecule has 11 heteroatoms. The zero-order valence-electron chi connectivity index (χ0n) is 58.2. The van der Waals surface area contributed by atoms with Crippen LogP contribution in [-0.4, -0.2) is 100 Å². The molecule has 1 aliphatic rings. The molecule has 0 aliphatic carbocycles. The van der Waals surface area contributed by atoms with Gasteiger partial charge in [-0.2, -0.15) is 0 Å². The van der Waals surface area contributed by atoms with Crippen molar-refractivity contribution in [2.24, 2.45) is 0 Å². The maximum absolute atomic E-state index is 13.0. The molecule has 1 saturated heterocycles. The van der Waals surface area contributed by atoms with E-state index >= 15 is 0 Å². The Balaban J connectivity index is 1.90. The van der Waals surface area contributed by atoms with Crippen LogP contribution in [0.1, 0.15) is 373 Å². The van der Waals surface area contributed by atoms with E-state index in [0.717, 1.165) is 64.2 Å². The number of allylic oxidation sites excluding steroid dienone is 7. The molecule has 89 heavy (non-hydrogen) atoms. The minimum atomic E-state index is -1.57. The number of esters is 1. The van der Waals surface area contributed by atoms with E-state index in [0.29, 0.717) is 19.4 Å². The first-order valence-corrected chi connectivity index (χ1v) is 38.4. The molecule has 1 fully saturated rings. The van der Waals surface area contributed by atoms with Gasteiger partial charge in [-0.1, -0.05) is 319 Å². The SMILES string of the molecule is CCCCCCCCC/C=C\CCCCCCCC(=O)OCCCCCCCCCCCCC/C=C\C/C=C\CCCCCCCCCCCCCCCCCCCC(=O)NC(COC1OC(CO)C(O)C(O)C1O)C(O)/C=C/CCCCCCCCCC. The van der Waals surface area contributed by atoms with Crippen molar-refractivity contribution in [2.45, 2.75) is 416 Å². The standard InChI is InChI=1S/C78H145NO10/c1-3-5-7-9-11-13-15-16-17-40-43-46-50-54-58-62-66-74(83)87-67-63-59-55-51-47-44-41-38-36-34-32-30-28-26-24-22-20-18-19-21-23-25-27-29-31-33-35-37-39-42-45-49-53-57-61-65-73(82)79-70(69-88-78-77(86)76(85)75(84)72(68-80)89-78)71(81)64-60-56-52-48-14-12-10-8-6-4-2/h17,20,22,26,28,40,60,64,70-72,75-78,80-81,84-86H,3-16,18-19,21,23-25,27,29-39,41-59,61-63,65-69H2,1-2H3,(H,79,82)/b22-20-,28-26-,40-17-,64-60+. The monoisotopic (exact) mass is 1260 g/mol. The summed E-state index contributed by atoms with van der Waals surface area (Å²) in [5.74, 6) is -0.176. The average molecular weight is 1260 g/mol. The number of unbranched alkanes of at least 4 members (excludes halogenated alkanes) is 48. The van der Waals surface area contributed by atoms with Crippen LogP contribution in [0.4, 0.5) is 0 Å². The van der Waals surface area contributed by atoms with Crippen LogP contribution in [0.25, 0.3) is 0 Å². The normalized spacial score (nSPS) is 17.9. The second kappa shape index (κ2) is 67.1. The largest absolute Gasteiger partial charge is 0.466 e. The summed E-state index contributed by atoms with van der Waals surface area (Å²) in [6.45, 7) is 4.35. The van der Waals surface area contributed by atoms with E-state index < -0.39 is 49.5 Å². The Labute approximate surface area is 548 Å². The highest BCUT2D eigenvalue weighted by atomic mass is 16.7. The number of aliphatic hydroxyl groups is 5. The van der Waals surface area contributed by atoms with Gasteiger partial charge in [-0.25, -0.2) is 0 Å². The lowest BCUT2D eigenvalue weighted by atomic mass is 9.99. The Hall–Kier alpha value is -2.38.